The molecule has 2 unspecified atom stereocenters. The van der Waals surface area contributed by atoms with Crippen molar-refractivity contribution in [1.82, 2.24) is 10.2 Å². The third-order valence-electron chi connectivity index (χ3n) is 3.77. The third kappa shape index (κ3) is 2.93. The van der Waals surface area contributed by atoms with E-state index in [-0.39, 0.29) is 30.5 Å². The molecule has 2 rings (SSSR count). The number of ether oxygens (including phenoxy) is 1. The number of carbonyl (C=O) groups excluding carboxylic acids is 1. The number of carboxylic acids is 1. The zero-order chi connectivity index (χ0) is 13.1. The highest BCUT2D eigenvalue weighted by atomic mass is 16.5. The van der Waals surface area contributed by atoms with Gasteiger partial charge in [-0.05, 0) is 19.3 Å². The molecule has 18 heavy (non-hydrogen) atoms. The van der Waals surface area contributed by atoms with Crippen molar-refractivity contribution in [3.05, 3.63) is 0 Å². The first-order chi connectivity index (χ1) is 8.60. The van der Waals surface area contributed by atoms with Gasteiger partial charge in [0.15, 0.2) is 0 Å². The number of urea groups is 1. The molecule has 1 saturated carbocycles. The maximum atomic E-state index is 11.9. The average molecular weight is 256 g/mol. The Hall–Kier alpha value is -1.30. The summed E-state index contributed by atoms with van der Waals surface area (Å²) in [5, 5.41) is 11.6. The van der Waals surface area contributed by atoms with Gasteiger partial charge in [-0.3, -0.25) is 4.79 Å². The number of hydrogen-bond acceptors (Lipinski definition) is 3. The smallest absolute Gasteiger partial charge is 0.317 e. The number of carbonyl (C=O) groups is 2. The Bertz CT molecular complexity index is 328. The summed E-state index contributed by atoms with van der Waals surface area (Å²) >= 11 is 0. The maximum Gasteiger partial charge on any atom is 0.317 e. The van der Waals surface area contributed by atoms with Gasteiger partial charge in [0.05, 0.1) is 18.6 Å². The Morgan fingerprint density at radius 3 is 2.72 bits per heavy atom. The summed E-state index contributed by atoms with van der Waals surface area (Å²) < 4.78 is 5.32. The van der Waals surface area contributed by atoms with Crippen LogP contribution in [0.15, 0.2) is 0 Å². The summed E-state index contributed by atoms with van der Waals surface area (Å²) in [6.45, 7) is 1.09. The lowest BCUT2D eigenvalue weighted by Gasteiger charge is -2.39. The van der Waals surface area contributed by atoms with E-state index in [1.165, 1.54) is 0 Å². The monoisotopic (exact) mass is 256 g/mol. The van der Waals surface area contributed by atoms with Gasteiger partial charge >= 0.3 is 12.0 Å². The van der Waals surface area contributed by atoms with Crippen molar-refractivity contribution in [2.24, 2.45) is 5.92 Å². The molecule has 1 heterocycles. The molecule has 2 aliphatic rings. The third-order valence-corrected chi connectivity index (χ3v) is 3.77. The highest BCUT2D eigenvalue weighted by molar-refractivity contribution is 5.76. The van der Waals surface area contributed by atoms with Crippen LogP contribution in [-0.4, -0.2) is 54.4 Å². The lowest BCUT2D eigenvalue weighted by molar-refractivity contribution is -0.139. The van der Waals surface area contributed by atoms with E-state index < -0.39 is 5.97 Å². The van der Waals surface area contributed by atoms with Gasteiger partial charge in [0.1, 0.15) is 0 Å². The normalized spacial score (nSPS) is 27.9. The Balaban J connectivity index is 1.72. The average Bonchev–Trinajstić information content (AvgIpc) is 2.69. The van der Waals surface area contributed by atoms with E-state index in [9.17, 15) is 9.59 Å². The number of hydrogen-bond donors (Lipinski definition) is 2. The SMILES string of the molecule is COC1CCCC1NC(=O)N1CC(CC(=O)O)C1. The Labute approximate surface area is 106 Å². The minimum absolute atomic E-state index is 0.0920. The van der Waals surface area contributed by atoms with Crippen LogP contribution in [0.4, 0.5) is 4.79 Å². The highest BCUT2D eigenvalue weighted by Crippen LogP contribution is 2.23. The molecular weight excluding hydrogens is 236 g/mol. The fourth-order valence-electron chi connectivity index (χ4n) is 2.73. The van der Waals surface area contributed by atoms with E-state index >= 15 is 0 Å². The molecule has 1 aliphatic heterocycles. The summed E-state index contributed by atoms with van der Waals surface area (Å²) in [6, 6.07) is 0.00612. The minimum atomic E-state index is -0.796. The summed E-state index contributed by atoms with van der Waals surface area (Å²) in [5.74, 6) is -0.689. The van der Waals surface area contributed by atoms with Gasteiger partial charge in [-0.1, -0.05) is 0 Å². The first kappa shape index (κ1) is 13.1. The molecule has 0 aromatic rings. The molecule has 0 aromatic carbocycles. The van der Waals surface area contributed by atoms with E-state index in [2.05, 4.69) is 5.32 Å². The topological polar surface area (TPSA) is 78.9 Å². The number of likely N-dealkylation sites (tertiary alicyclic amines) is 1. The van der Waals surface area contributed by atoms with Crippen LogP contribution in [0, 0.1) is 5.92 Å². The number of aliphatic carboxylic acids is 1. The predicted octanol–water partition coefficient (Wildman–Crippen LogP) is 0.670. The summed E-state index contributed by atoms with van der Waals surface area (Å²) in [6.07, 6.45) is 3.28. The Morgan fingerprint density at radius 2 is 2.11 bits per heavy atom. The van der Waals surface area contributed by atoms with Crippen LogP contribution >= 0.6 is 0 Å². The van der Waals surface area contributed by atoms with Crippen LogP contribution in [0.25, 0.3) is 0 Å². The zero-order valence-electron chi connectivity index (χ0n) is 10.6. The molecule has 6 heteroatoms. The quantitative estimate of drug-likeness (QED) is 0.775. The first-order valence-electron chi connectivity index (χ1n) is 6.40. The van der Waals surface area contributed by atoms with Crippen LogP contribution in [0.1, 0.15) is 25.7 Å². The molecule has 2 atom stereocenters. The van der Waals surface area contributed by atoms with Crippen molar-refractivity contribution < 1.29 is 19.4 Å². The van der Waals surface area contributed by atoms with Gasteiger partial charge in [0, 0.05) is 26.1 Å². The van der Waals surface area contributed by atoms with Gasteiger partial charge in [-0.2, -0.15) is 0 Å². The van der Waals surface area contributed by atoms with Crippen molar-refractivity contribution in [2.45, 2.75) is 37.8 Å². The van der Waals surface area contributed by atoms with E-state index in [1.807, 2.05) is 0 Å². The van der Waals surface area contributed by atoms with Gasteiger partial charge in [0.25, 0.3) is 0 Å². The maximum absolute atomic E-state index is 11.9. The van der Waals surface area contributed by atoms with Gasteiger partial charge in [-0.15, -0.1) is 0 Å². The predicted molar refractivity (Wildman–Crippen MR) is 64.3 cm³/mol. The van der Waals surface area contributed by atoms with E-state index in [0.29, 0.717) is 13.1 Å². The van der Waals surface area contributed by atoms with Crippen molar-refractivity contribution in [3.63, 3.8) is 0 Å². The minimum Gasteiger partial charge on any atom is -0.481 e. The van der Waals surface area contributed by atoms with Crippen LogP contribution < -0.4 is 5.32 Å². The fourth-order valence-corrected chi connectivity index (χ4v) is 2.73. The number of methoxy groups -OCH3 is 1. The number of carboxylic acid groups (broad SMARTS) is 1. The van der Waals surface area contributed by atoms with E-state index in [4.69, 9.17) is 9.84 Å². The molecule has 2 N–H and O–H groups in total. The molecule has 6 nitrogen and oxygen atoms in total. The fraction of sp³-hybridized carbons (Fsp3) is 0.833. The molecule has 1 saturated heterocycles. The number of nitrogens with zero attached hydrogens (tertiary/aromatic N) is 1. The number of amides is 2. The van der Waals surface area contributed by atoms with Crippen LogP contribution in [0.5, 0.6) is 0 Å². The number of nitrogens with one attached hydrogen (secondary N) is 1. The molecular formula is C12H20N2O4. The van der Waals surface area contributed by atoms with Gasteiger partial charge in [-0.25, -0.2) is 4.79 Å². The second-order valence-electron chi connectivity index (χ2n) is 5.13. The van der Waals surface area contributed by atoms with Crippen LogP contribution in [-0.2, 0) is 9.53 Å². The second kappa shape index (κ2) is 5.56. The van der Waals surface area contributed by atoms with E-state index in [1.54, 1.807) is 12.0 Å². The van der Waals surface area contributed by atoms with Gasteiger partial charge in [0.2, 0.25) is 0 Å². The van der Waals surface area contributed by atoms with Gasteiger partial charge < -0.3 is 20.1 Å². The van der Waals surface area contributed by atoms with Crippen molar-refractivity contribution in [2.75, 3.05) is 20.2 Å². The Morgan fingerprint density at radius 1 is 1.39 bits per heavy atom. The number of rotatable bonds is 4. The van der Waals surface area contributed by atoms with Crippen molar-refractivity contribution in [3.8, 4) is 0 Å². The zero-order valence-corrected chi connectivity index (χ0v) is 10.6. The summed E-state index contributed by atoms with van der Waals surface area (Å²) in [7, 11) is 1.67. The van der Waals surface area contributed by atoms with Crippen LogP contribution in [0.2, 0.25) is 0 Å². The molecule has 1 aliphatic carbocycles. The molecule has 2 fully saturated rings. The highest BCUT2D eigenvalue weighted by Gasteiger charge is 2.35. The second-order valence-corrected chi connectivity index (χ2v) is 5.13. The summed E-state index contributed by atoms with van der Waals surface area (Å²) in [4.78, 5) is 24.1. The van der Waals surface area contributed by atoms with Crippen molar-refractivity contribution >= 4 is 12.0 Å². The largest absolute Gasteiger partial charge is 0.481 e. The standard InChI is InChI=1S/C12H20N2O4/c1-18-10-4-2-3-9(10)13-12(17)14-6-8(7-14)5-11(15)16/h8-10H,2-7H2,1H3,(H,13,17)(H,15,16). The molecule has 0 bridgehead atoms. The molecule has 2 amide bonds. The van der Waals surface area contributed by atoms with Crippen LogP contribution in [0.3, 0.4) is 0 Å². The lowest BCUT2D eigenvalue weighted by Crippen LogP contribution is -2.56. The Kier molecular flexibility index (Phi) is 4.06. The molecule has 102 valence electrons. The van der Waals surface area contributed by atoms with Crippen molar-refractivity contribution in [1.29, 1.82) is 0 Å². The first-order valence-corrected chi connectivity index (χ1v) is 6.40. The molecule has 0 aromatic heterocycles. The summed E-state index contributed by atoms with van der Waals surface area (Å²) in [5.41, 5.74) is 0. The van der Waals surface area contributed by atoms with E-state index in [0.717, 1.165) is 19.3 Å². The molecule has 0 spiro atoms. The molecule has 0 radical (unpaired) electrons. The lowest BCUT2D eigenvalue weighted by atomic mass is 9.97.